The zero-order chi connectivity index (χ0) is 16.4. The molecule has 0 saturated carbocycles. The molecule has 1 atom stereocenters. The first-order valence-electron chi connectivity index (χ1n) is 8.20. The third-order valence-corrected chi connectivity index (χ3v) is 4.40. The first-order chi connectivity index (χ1) is 11.8. The number of benzene rings is 1. The summed E-state index contributed by atoms with van der Waals surface area (Å²) in [4.78, 5) is 8.63. The number of aryl methyl sites for hydroxylation is 1. The van der Waals surface area contributed by atoms with Crippen LogP contribution in [0, 0.1) is 0 Å². The Hall–Kier alpha value is -2.51. The van der Waals surface area contributed by atoms with Crippen LogP contribution in [0.25, 0.3) is 5.69 Å². The van der Waals surface area contributed by atoms with Crippen molar-refractivity contribution in [1.82, 2.24) is 34.8 Å². The summed E-state index contributed by atoms with van der Waals surface area (Å²) in [5.41, 5.74) is 1.95. The molecule has 24 heavy (non-hydrogen) atoms. The number of hydrogen-bond donors (Lipinski definition) is 1. The fourth-order valence-corrected chi connectivity index (χ4v) is 3.15. The molecule has 7 heteroatoms. The first kappa shape index (κ1) is 15.0. The van der Waals surface area contributed by atoms with E-state index in [-0.39, 0.29) is 6.04 Å². The summed E-state index contributed by atoms with van der Waals surface area (Å²) in [6.07, 6.45) is 5.70. The zero-order valence-electron chi connectivity index (χ0n) is 13.7. The van der Waals surface area contributed by atoms with E-state index in [1.165, 1.54) is 0 Å². The lowest BCUT2D eigenvalue weighted by molar-refractivity contribution is 0.143. The molecule has 3 aromatic rings. The lowest BCUT2D eigenvalue weighted by Gasteiger charge is -2.35. The van der Waals surface area contributed by atoms with E-state index < -0.39 is 0 Å². The van der Waals surface area contributed by atoms with Crippen LogP contribution >= 0.6 is 0 Å². The van der Waals surface area contributed by atoms with Crippen molar-refractivity contribution in [2.75, 3.05) is 19.6 Å². The molecule has 7 nitrogen and oxygen atoms in total. The average Bonchev–Trinajstić information content (AvgIpc) is 3.25. The topological polar surface area (TPSA) is 63.8 Å². The third kappa shape index (κ3) is 2.95. The quantitative estimate of drug-likeness (QED) is 0.780. The summed E-state index contributed by atoms with van der Waals surface area (Å²) < 4.78 is 2.09. The minimum atomic E-state index is 0.251. The Bertz CT molecular complexity index is 792. The van der Waals surface area contributed by atoms with E-state index in [1.807, 2.05) is 56.0 Å². The van der Waals surface area contributed by atoms with Crippen LogP contribution in [-0.4, -0.2) is 49.1 Å². The number of hydrogen-bond acceptors (Lipinski definition) is 5. The summed E-state index contributed by atoms with van der Waals surface area (Å²) in [6.45, 7) is 3.62. The Morgan fingerprint density at radius 2 is 2.12 bits per heavy atom. The summed E-state index contributed by atoms with van der Waals surface area (Å²) >= 11 is 0. The van der Waals surface area contributed by atoms with Crippen molar-refractivity contribution in [2.24, 2.45) is 7.05 Å². The van der Waals surface area contributed by atoms with Gasteiger partial charge in [-0.15, -0.1) is 0 Å². The smallest absolute Gasteiger partial charge is 0.127 e. The summed E-state index contributed by atoms with van der Waals surface area (Å²) in [7, 11) is 2.04. The minimum absolute atomic E-state index is 0.251. The van der Waals surface area contributed by atoms with Crippen molar-refractivity contribution in [3.8, 4) is 5.69 Å². The molecule has 2 aromatic heterocycles. The van der Waals surface area contributed by atoms with Gasteiger partial charge in [0.2, 0.25) is 0 Å². The van der Waals surface area contributed by atoms with E-state index in [2.05, 4.69) is 30.0 Å². The molecule has 0 spiro atoms. The van der Waals surface area contributed by atoms with Gasteiger partial charge in [0.15, 0.2) is 0 Å². The molecule has 0 radical (unpaired) electrons. The Labute approximate surface area is 140 Å². The van der Waals surface area contributed by atoms with E-state index >= 15 is 0 Å². The van der Waals surface area contributed by atoms with Gasteiger partial charge in [0, 0.05) is 45.6 Å². The van der Waals surface area contributed by atoms with Gasteiger partial charge in [-0.1, -0.05) is 18.2 Å². The standard InChI is InChI=1S/C17H21N7/c1-22-9-8-19-17(22)16-12-18-7-10-23(16)13-14-11-20-24(21-14)15-5-3-2-4-6-15/h2-6,8-9,11,16,18H,7,10,12-13H2,1H3. The SMILES string of the molecule is Cn1ccnc1C1CNCCN1Cc1cnn(-c2ccccc2)n1. The molecule has 1 fully saturated rings. The van der Waals surface area contributed by atoms with Crippen LogP contribution in [0.15, 0.2) is 48.9 Å². The fraction of sp³-hybridized carbons (Fsp3) is 0.353. The molecular weight excluding hydrogens is 302 g/mol. The van der Waals surface area contributed by atoms with E-state index in [4.69, 9.17) is 0 Å². The van der Waals surface area contributed by atoms with E-state index in [9.17, 15) is 0 Å². The van der Waals surface area contributed by atoms with Gasteiger partial charge in [0.1, 0.15) is 5.82 Å². The maximum absolute atomic E-state index is 4.63. The van der Waals surface area contributed by atoms with Gasteiger partial charge in [-0.3, -0.25) is 4.90 Å². The van der Waals surface area contributed by atoms with Crippen LogP contribution in [0.4, 0.5) is 0 Å². The zero-order valence-corrected chi connectivity index (χ0v) is 13.7. The molecule has 0 aliphatic carbocycles. The number of rotatable bonds is 4. The number of nitrogens with one attached hydrogen (secondary N) is 1. The number of para-hydroxylation sites is 1. The van der Waals surface area contributed by atoms with Gasteiger partial charge in [-0.25, -0.2) is 4.98 Å². The third-order valence-electron chi connectivity index (χ3n) is 4.40. The summed E-state index contributed by atoms with van der Waals surface area (Å²) in [6, 6.07) is 10.2. The second kappa shape index (κ2) is 6.54. The second-order valence-electron chi connectivity index (χ2n) is 6.05. The predicted octanol–water partition coefficient (Wildman–Crippen LogP) is 1.15. The summed E-state index contributed by atoms with van der Waals surface area (Å²) in [5.74, 6) is 1.08. The Morgan fingerprint density at radius 1 is 1.25 bits per heavy atom. The van der Waals surface area contributed by atoms with Crippen molar-refractivity contribution < 1.29 is 0 Å². The monoisotopic (exact) mass is 323 g/mol. The maximum atomic E-state index is 4.63. The molecule has 1 aromatic carbocycles. The van der Waals surface area contributed by atoms with Crippen molar-refractivity contribution >= 4 is 0 Å². The van der Waals surface area contributed by atoms with E-state index in [0.29, 0.717) is 0 Å². The number of piperazine rings is 1. The highest BCUT2D eigenvalue weighted by Gasteiger charge is 2.27. The largest absolute Gasteiger partial charge is 0.337 e. The molecule has 124 valence electrons. The van der Waals surface area contributed by atoms with Gasteiger partial charge in [0.25, 0.3) is 0 Å². The van der Waals surface area contributed by atoms with Crippen molar-refractivity contribution in [3.05, 3.63) is 60.4 Å². The molecule has 1 saturated heterocycles. The molecule has 0 bridgehead atoms. The van der Waals surface area contributed by atoms with Crippen molar-refractivity contribution in [1.29, 1.82) is 0 Å². The van der Waals surface area contributed by atoms with Gasteiger partial charge >= 0.3 is 0 Å². The van der Waals surface area contributed by atoms with Crippen LogP contribution in [0.2, 0.25) is 0 Å². The molecule has 4 rings (SSSR count). The minimum Gasteiger partial charge on any atom is -0.337 e. The Morgan fingerprint density at radius 3 is 2.92 bits per heavy atom. The van der Waals surface area contributed by atoms with Gasteiger partial charge in [0.05, 0.1) is 23.6 Å². The van der Waals surface area contributed by atoms with E-state index in [1.54, 1.807) is 4.80 Å². The molecule has 0 amide bonds. The molecule has 1 aliphatic heterocycles. The molecular formula is C17H21N7. The number of aromatic nitrogens is 5. The van der Waals surface area contributed by atoms with Gasteiger partial charge in [-0.2, -0.15) is 15.0 Å². The average molecular weight is 323 g/mol. The Kier molecular flexibility index (Phi) is 4.10. The van der Waals surface area contributed by atoms with Crippen molar-refractivity contribution in [3.63, 3.8) is 0 Å². The molecule has 1 unspecified atom stereocenters. The van der Waals surface area contributed by atoms with Crippen LogP contribution in [0.5, 0.6) is 0 Å². The first-order valence-corrected chi connectivity index (χ1v) is 8.20. The molecule has 3 heterocycles. The van der Waals surface area contributed by atoms with Crippen LogP contribution in [-0.2, 0) is 13.6 Å². The van der Waals surface area contributed by atoms with Crippen LogP contribution < -0.4 is 5.32 Å². The highest BCUT2D eigenvalue weighted by atomic mass is 15.5. The Balaban J connectivity index is 1.53. The lowest BCUT2D eigenvalue weighted by Crippen LogP contribution is -2.46. The number of imidazole rings is 1. The normalized spacial score (nSPS) is 18.8. The molecule has 1 N–H and O–H groups in total. The lowest BCUT2D eigenvalue weighted by atomic mass is 10.1. The van der Waals surface area contributed by atoms with E-state index in [0.717, 1.165) is 43.4 Å². The molecule has 1 aliphatic rings. The van der Waals surface area contributed by atoms with Crippen molar-refractivity contribution in [2.45, 2.75) is 12.6 Å². The van der Waals surface area contributed by atoms with Gasteiger partial charge < -0.3 is 9.88 Å². The highest BCUT2D eigenvalue weighted by molar-refractivity contribution is 5.28. The number of nitrogens with zero attached hydrogens (tertiary/aromatic N) is 6. The van der Waals surface area contributed by atoms with Gasteiger partial charge in [-0.05, 0) is 12.1 Å². The predicted molar refractivity (Wildman–Crippen MR) is 90.6 cm³/mol. The van der Waals surface area contributed by atoms with Crippen LogP contribution in [0.3, 0.4) is 0 Å². The summed E-state index contributed by atoms with van der Waals surface area (Å²) in [5, 5.41) is 12.5. The fourth-order valence-electron chi connectivity index (χ4n) is 3.15. The highest BCUT2D eigenvalue weighted by Crippen LogP contribution is 2.22. The maximum Gasteiger partial charge on any atom is 0.127 e. The van der Waals surface area contributed by atoms with Crippen LogP contribution in [0.1, 0.15) is 17.6 Å². The second-order valence-corrected chi connectivity index (χ2v) is 6.05.